The third kappa shape index (κ3) is 5.36. The van der Waals surface area contributed by atoms with E-state index in [2.05, 4.69) is 10.6 Å². The van der Waals surface area contributed by atoms with Crippen molar-refractivity contribution < 1.29 is 14.7 Å². The van der Waals surface area contributed by atoms with Gasteiger partial charge in [0.05, 0.1) is 0 Å². The van der Waals surface area contributed by atoms with Crippen molar-refractivity contribution in [2.75, 3.05) is 11.9 Å². The Balaban J connectivity index is 1.91. The molecule has 1 fully saturated rings. The first-order valence-electron chi connectivity index (χ1n) is 8.39. The van der Waals surface area contributed by atoms with Gasteiger partial charge in [0.1, 0.15) is 0 Å². The van der Waals surface area contributed by atoms with Crippen molar-refractivity contribution in [2.45, 2.75) is 51.5 Å². The van der Waals surface area contributed by atoms with Crippen LogP contribution in [-0.4, -0.2) is 29.6 Å². The number of Topliss-reactive ketones (excluding diaryl/α,β-unsaturated/α-hetero) is 1. The maximum Gasteiger partial charge on any atom is 0.319 e. The van der Waals surface area contributed by atoms with Crippen molar-refractivity contribution in [1.29, 1.82) is 0 Å². The van der Waals surface area contributed by atoms with E-state index in [1.807, 2.05) is 0 Å². The lowest BCUT2D eigenvalue weighted by molar-refractivity contribution is 0.101. The molecule has 1 saturated carbocycles. The number of amides is 2. The lowest BCUT2D eigenvalue weighted by atomic mass is 9.83. The average Bonchev–Trinajstić information content (AvgIpc) is 2.55. The van der Waals surface area contributed by atoms with E-state index in [9.17, 15) is 14.7 Å². The lowest BCUT2D eigenvalue weighted by Gasteiger charge is -2.30. The van der Waals surface area contributed by atoms with Gasteiger partial charge in [0.25, 0.3) is 0 Å². The highest BCUT2D eigenvalue weighted by molar-refractivity contribution is 5.95. The van der Waals surface area contributed by atoms with Crippen LogP contribution in [0.3, 0.4) is 0 Å². The second-order valence-corrected chi connectivity index (χ2v) is 6.25. The highest BCUT2D eigenvalue weighted by Gasteiger charge is 2.24. The molecule has 1 atom stereocenters. The average molecular weight is 318 g/mol. The van der Waals surface area contributed by atoms with E-state index in [4.69, 9.17) is 0 Å². The highest BCUT2D eigenvalue weighted by Crippen LogP contribution is 2.27. The van der Waals surface area contributed by atoms with Gasteiger partial charge in [-0.15, -0.1) is 0 Å². The lowest BCUT2D eigenvalue weighted by Crippen LogP contribution is -2.43. The van der Waals surface area contributed by atoms with Gasteiger partial charge in [-0.3, -0.25) is 4.79 Å². The van der Waals surface area contributed by atoms with E-state index in [0.717, 1.165) is 12.8 Å². The molecular formula is C18H26N2O3. The van der Waals surface area contributed by atoms with Crippen LogP contribution in [0.5, 0.6) is 0 Å². The Bertz CT molecular complexity index is 522. The molecule has 3 N–H and O–H groups in total. The predicted molar refractivity (Wildman–Crippen MR) is 90.7 cm³/mol. The van der Waals surface area contributed by atoms with Crippen LogP contribution in [-0.2, 0) is 0 Å². The number of hydrogen-bond donors (Lipinski definition) is 3. The summed E-state index contributed by atoms with van der Waals surface area (Å²) in [7, 11) is 0. The molecule has 0 aromatic heterocycles. The van der Waals surface area contributed by atoms with Gasteiger partial charge in [0.2, 0.25) is 0 Å². The standard InChI is InChI=1S/C18H26N2O3/c1-13(22)14-7-9-16(10-8-14)19-18(23)20-17(11-12-21)15-5-3-2-4-6-15/h7-10,15,17,21H,2-6,11-12H2,1H3,(H2,19,20,23). The van der Waals surface area contributed by atoms with Crippen LogP contribution in [0.4, 0.5) is 10.5 Å². The number of nitrogens with one attached hydrogen (secondary N) is 2. The summed E-state index contributed by atoms with van der Waals surface area (Å²) in [5.74, 6) is 0.447. The third-order valence-electron chi connectivity index (χ3n) is 4.52. The molecule has 1 unspecified atom stereocenters. The zero-order valence-electron chi connectivity index (χ0n) is 13.7. The number of urea groups is 1. The first kappa shape index (κ1) is 17.5. The van der Waals surface area contributed by atoms with E-state index in [0.29, 0.717) is 23.6 Å². The minimum Gasteiger partial charge on any atom is -0.396 e. The Morgan fingerprint density at radius 3 is 2.39 bits per heavy atom. The van der Waals surface area contributed by atoms with E-state index in [1.165, 1.54) is 26.2 Å². The Morgan fingerprint density at radius 1 is 1.17 bits per heavy atom. The van der Waals surface area contributed by atoms with Crippen LogP contribution >= 0.6 is 0 Å². The minimum absolute atomic E-state index is 0.00121. The van der Waals surface area contributed by atoms with Crippen molar-refractivity contribution in [3.63, 3.8) is 0 Å². The molecule has 0 spiro atoms. The van der Waals surface area contributed by atoms with E-state index < -0.39 is 0 Å². The second kappa shape index (κ2) is 8.67. The molecule has 0 radical (unpaired) electrons. The fourth-order valence-corrected chi connectivity index (χ4v) is 3.23. The molecule has 126 valence electrons. The van der Waals surface area contributed by atoms with Gasteiger partial charge in [-0.25, -0.2) is 4.79 Å². The highest BCUT2D eigenvalue weighted by atomic mass is 16.3. The van der Waals surface area contributed by atoms with Crippen LogP contribution in [0.25, 0.3) is 0 Å². The molecule has 0 saturated heterocycles. The number of carbonyl (C=O) groups excluding carboxylic acids is 2. The Morgan fingerprint density at radius 2 is 1.83 bits per heavy atom. The van der Waals surface area contributed by atoms with Crippen molar-refractivity contribution in [2.24, 2.45) is 5.92 Å². The molecule has 0 heterocycles. The van der Waals surface area contributed by atoms with E-state index in [1.54, 1.807) is 24.3 Å². The van der Waals surface area contributed by atoms with Gasteiger partial charge in [0.15, 0.2) is 5.78 Å². The third-order valence-corrected chi connectivity index (χ3v) is 4.52. The zero-order chi connectivity index (χ0) is 16.7. The molecule has 5 heteroatoms. The summed E-state index contributed by atoms with van der Waals surface area (Å²) in [5.41, 5.74) is 1.27. The minimum atomic E-state index is -0.260. The molecule has 1 aliphatic rings. The van der Waals surface area contributed by atoms with E-state index >= 15 is 0 Å². The number of aliphatic hydroxyl groups excluding tert-OH is 1. The smallest absolute Gasteiger partial charge is 0.319 e. The largest absolute Gasteiger partial charge is 0.396 e. The summed E-state index contributed by atoms with van der Waals surface area (Å²) in [5, 5.41) is 15.0. The van der Waals surface area contributed by atoms with Gasteiger partial charge in [-0.2, -0.15) is 0 Å². The van der Waals surface area contributed by atoms with Gasteiger partial charge in [-0.05, 0) is 56.4 Å². The number of ketones is 1. The van der Waals surface area contributed by atoms with Crippen molar-refractivity contribution in [3.05, 3.63) is 29.8 Å². The number of aliphatic hydroxyl groups is 1. The zero-order valence-corrected chi connectivity index (χ0v) is 13.7. The Kier molecular flexibility index (Phi) is 6.59. The fraction of sp³-hybridized carbons (Fsp3) is 0.556. The SMILES string of the molecule is CC(=O)c1ccc(NC(=O)NC(CCO)C2CCCCC2)cc1. The summed E-state index contributed by atoms with van der Waals surface area (Å²) in [4.78, 5) is 23.4. The molecule has 23 heavy (non-hydrogen) atoms. The summed E-state index contributed by atoms with van der Waals surface area (Å²) in [6.45, 7) is 1.59. The van der Waals surface area contributed by atoms with Crippen LogP contribution < -0.4 is 10.6 Å². The van der Waals surface area contributed by atoms with Crippen molar-refractivity contribution >= 4 is 17.5 Å². The first-order valence-corrected chi connectivity index (χ1v) is 8.39. The van der Waals surface area contributed by atoms with Crippen LogP contribution in [0.1, 0.15) is 55.8 Å². The molecule has 0 bridgehead atoms. The first-order chi connectivity index (χ1) is 11.1. The molecule has 2 amide bonds. The second-order valence-electron chi connectivity index (χ2n) is 6.25. The van der Waals surface area contributed by atoms with Crippen molar-refractivity contribution in [1.82, 2.24) is 5.32 Å². The van der Waals surface area contributed by atoms with Crippen LogP contribution in [0.2, 0.25) is 0 Å². The van der Waals surface area contributed by atoms with Crippen LogP contribution in [0.15, 0.2) is 24.3 Å². The number of hydrogen-bond acceptors (Lipinski definition) is 3. The van der Waals surface area contributed by atoms with Crippen LogP contribution in [0, 0.1) is 5.92 Å². The van der Waals surface area contributed by atoms with Gasteiger partial charge >= 0.3 is 6.03 Å². The summed E-state index contributed by atoms with van der Waals surface area (Å²) < 4.78 is 0. The maximum atomic E-state index is 12.2. The van der Waals surface area contributed by atoms with Gasteiger partial charge in [0, 0.05) is 23.9 Å². The molecule has 1 aliphatic carbocycles. The molecule has 2 rings (SSSR count). The fourth-order valence-electron chi connectivity index (χ4n) is 3.23. The Hall–Kier alpha value is -1.88. The Labute approximate surface area is 137 Å². The molecular weight excluding hydrogens is 292 g/mol. The normalized spacial score (nSPS) is 16.6. The van der Waals surface area contributed by atoms with Gasteiger partial charge < -0.3 is 15.7 Å². The molecule has 1 aromatic rings. The maximum absolute atomic E-state index is 12.2. The van der Waals surface area contributed by atoms with Crippen molar-refractivity contribution in [3.8, 4) is 0 Å². The molecule has 1 aromatic carbocycles. The summed E-state index contributed by atoms with van der Waals surface area (Å²) in [6, 6.07) is 6.59. The van der Waals surface area contributed by atoms with E-state index in [-0.39, 0.29) is 24.5 Å². The number of rotatable bonds is 6. The summed E-state index contributed by atoms with van der Waals surface area (Å²) in [6.07, 6.45) is 6.46. The topological polar surface area (TPSA) is 78.4 Å². The number of carbonyl (C=O) groups is 2. The van der Waals surface area contributed by atoms with Gasteiger partial charge in [-0.1, -0.05) is 19.3 Å². The monoisotopic (exact) mass is 318 g/mol. The molecule has 0 aliphatic heterocycles. The predicted octanol–water partition coefficient (Wildman–Crippen LogP) is 3.34. The quantitative estimate of drug-likeness (QED) is 0.704. The molecule has 5 nitrogen and oxygen atoms in total. The summed E-state index contributed by atoms with van der Waals surface area (Å²) >= 11 is 0. The number of benzene rings is 1. The number of anilines is 1.